The van der Waals surface area contributed by atoms with E-state index in [1.807, 2.05) is 6.07 Å². The summed E-state index contributed by atoms with van der Waals surface area (Å²) < 4.78 is 3.37. The first kappa shape index (κ1) is 17.3. The third-order valence-electron chi connectivity index (χ3n) is 5.33. The van der Waals surface area contributed by atoms with Crippen LogP contribution in [-0.2, 0) is 6.42 Å². The molecule has 3 aromatic carbocycles. The Balaban J connectivity index is 1.68. The normalized spacial score (nSPS) is 15.8. The van der Waals surface area contributed by atoms with Crippen molar-refractivity contribution in [2.24, 2.45) is 0 Å². The van der Waals surface area contributed by atoms with Gasteiger partial charge in [0, 0.05) is 10.2 Å². The van der Waals surface area contributed by atoms with Gasteiger partial charge >= 0.3 is 0 Å². The van der Waals surface area contributed by atoms with E-state index in [0.29, 0.717) is 0 Å². The molecule has 2 heterocycles. The SMILES string of the molecule is CCc1ccc([C@@H]2C=C(c3ccc(Br)cc3)Nc3nc4ccccc4n32)cc1. The lowest BCUT2D eigenvalue weighted by Crippen LogP contribution is -2.19. The number of nitrogens with zero attached hydrogens (tertiary/aromatic N) is 2. The number of anilines is 1. The average Bonchev–Trinajstić information content (AvgIpc) is 3.12. The molecule has 4 aromatic rings. The summed E-state index contributed by atoms with van der Waals surface area (Å²) in [4.78, 5) is 4.86. The third kappa shape index (κ3) is 2.94. The van der Waals surface area contributed by atoms with E-state index in [0.717, 1.165) is 39.1 Å². The van der Waals surface area contributed by atoms with E-state index in [2.05, 4.69) is 106 Å². The molecule has 3 nitrogen and oxygen atoms in total. The number of halogens is 1. The second-order valence-corrected chi connectivity index (χ2v) is 7.96. The highest BCUT2D eigenvalue weighted by Gasteiger charge is 2.25. The molecular formula is C24H20BrN3. The minimum Gasteiger partial charge on any atom is -0.325 e. The molecule has 0 spiro atoms. The van der Waals surface area contributed by atoms with Gasteiger partial charge in [-0.25, -0.2) is 4.98 Å². The van der Waals surface area contributed by atoms with Crippen molar-refractivity contribution < 1.29 is 0 Å². The molecule has 5 rings (SSSR count). The van der Waals surface area contributed by atoms with E-state index in [-0.39, 0.29) is 6.04 Å². The number of benzene rings is 3. The first-order valence-corrected chi connectivity index (χ1v) is 10.3. The van der Waals surface area contributed by atoms with Gasteiger partial charge in [-0.15, -0.1) is 0 Å². The lowest BCUT2D eigenvalue weighted by atomic mass is 9.99. The van der Waals surface area contributed by atoms with Crippen molar-refractivity contribution in [3.05, 3.63) is 100 Å². The summed E-state index contributed by atoms with van der Waals surface area (Å²) in [6, 6.07) is 25.7. The lowest BCUT2D eigenvalue weighted by Gasteiger charge is -2.27. The van der Waals surface area contributed by atoms with Crippen LogP contribution in [0.4, 0.5) is 5.95 Å². The Kier molecular flexibility index (Phi) is 4.29. The molecule has 0 aliphatic carbocycles. The Morgan fingerprint density at radius 1 is 0.964 bits per heavy atom. The van der Waals surface area contributed by atoms with Crippen molar-refractivity contribution in [2.75, 3.05) is 5.32 Å². The largest absolute Gasteiger partial charge is 0.325 e. The van der Waals surface area contributed by atoms with Gasteiger partial charge in [0.1, 0.15) is 0 Å². The molecule has 28 heavy (non-hydrogen) atoms. The van der Waals surface area contributed by atoms with Crippen LogP contribution in [0.2, 0.25) is 0 Å². The molecule has 0 unspecified atom stereocenters. The van der Waals surface area contributed by atoms with Crippen LogP contribution in [0.3, 0.4) is 0 Å². The Hall–Kier alpha value is -2.85. The molecule has 1 atom stereocenters. The van der Waals surface area contributed by atoms with Gasteiger partial charge in [0.25, 0.3) is 0 Å². The standard InChI is InChI=1S/C24H20BrN3/c1-2-16-7-9-18(10-8-16)23-15-21(17-11-13-19(25)14-12-17)27-24-26-20-5-3-4-6-22(20)28(23)24/h3-15,23H,2H2,1H3,(H,26,27)/t23-/m0/s1. The van der Waals surface area contributed by atoms with Crippen LogP contribution in [0.25, 0.3) is 16.7 Å². The quantitative estimate of drug-likeness (QED) is 0.407. The van der Waals surface area contributed by atoms with E-state index in [9.17, 15) is 0 Å². The molecule has 0 saturated carbocycles. The van der Waals surface area contributed by atoms with Gasteiger partial charge in [-0.05, 0) is 53.5 Å². The molecule has 1 aliphatic rings. The second kappa shape index (κ2) is 6.95. The number of nitrogens with one attached hydrogen (secondary N) is 1. The van der Waals surface area contributed by atoms with Crippen LogP contribution < -0.4 is 5.32 Å². The second-order valence-electron chi connectivity index (χ2n) is 7.05. The first-order chi connectivity index (χ1) is 13.7. The number of aromatic nitrogens is 2. The highest BCUT2D eigenvalue weighted by atomic mass is 79.9. The zero-order chi connectivity index (χ0) is 19.1. The van der Waals surface area contributed by atoms with E-state index in [1.165, 1.54) is 11.1 Å². The van der Waals surface area contributed by atoms with Crippen molar-refractivity contribution >= 4 is 38.6 Å². The number of allylic oxidation sites excluding steroid dienone is 1. The van der Waals surface area contributed by atoms with E-state index < -0.39 is 0 Å². The van der Waals surface area contributed by atoms with Gasteiger partial charge in [-0.3, -0.25) is 4.57 Å². The van der Waals surface area contributed by atoms with Crippen LogP contribution in [0, 0.1) is 0 Å². The monoisotopic (exact) mass is 429 g/mol. The van der Waals surface area contributed by atoms with E-state index >= 15 is 0 Å². The van der Waals surface area contributed by atoms with Gasteiger partial charge in [0.2, 0.25) is 5.95 Å². The minimum absolute atomic E-state index is 0.0909. The van der Waals surface area contributed by atoms with Crippen LogP contribution in [0.15, 0.2) is 83.3 Å². The van der Waals surface area contributed by atoms with Crippen molar-refractivity contribution in [3.8, 4) is 0 Å². The number of para-hydroxylation sites is 2. The Morgan fingerprint density at radius 3 is 2.46 bits per heavy atom. The Labute approximate surface area is 172 Å². The van der Waals surface area contributed by atoms with Crippen LogP contribution in [-0.4, -0.2) is 9.55 Å². The van der Waals surface area contributed by atoms with E-state index in [4.69, 9.17) is 4.98 Å². The molecule has 1 aromatic heterocycles. The van der Waals surface area contributed by atoms with E-state index in [1.54, 1.807) is 0 Å². The molecule has 0 saturated heterocycles. The van der Waals surface area contributed by atoms with Gasteiger partial charge in [0.05, 0.1) is 17.1 Å². The maximum absolute atomic E-state index is 4.86. The van der Waals surface area contributed by atoms with Crippen LogP contribution in [0.5, 0.6) is 0 Å². The minimum atomic E-state index is 0.0909. The molecule has 0 bridgehead atoms. The zero-order valence-corrected chi connectivity index (χ0v) is 17.1. The van der Waals surface area contributed by atoms with Gasteiger partial charge in [0.15, 0.2) is 0 Å². The van der Waals surface area contributed by atoms with Gasteiger partial charge < -0.3 is 5.32 Å². The Bertz CT molecular complexity index is 1170. The highest BCUT2D eigenvalue weighted by Crippen LogP contribution is 2.37. The maximum Gasteiger partial charge on any atom is 0.209 e. The highest BCUT2D eigenvalue weighted by molar-refractivity contribution is 9.10. The fourth-order valence-corrected chi connectivity index (χ4v) is 4.07. The number of hydrogen-bond acceptors (Lipinski definition) is 2. The van der Waals surface area contributed by atoms with Gasteiger partial charge in [-0.2, -0.15) is 0 Å². The van der Waals surface area contributed by atoms with Crippen molar-refractivity contribution in [2.45, 2.75) is 19.4 Å². The molecule has 1 N–H and O–H groups in total. The van der Waals surface area contributed by atoms with Crippen LogP contribution >= 0.6 is 15.9 Å². The third-order valence-corrected chi connectivity index (χ3v) is 5.86. The van der Waals surface area contributed by atoms with Gasteiger partial charge in [-0.1, -0.05) is 71.4 Å². The maximum atomic E-state index is 4.86. The predicted molar refractivity (Wildman–Crippen MR) is 119 cm³/mol. The molecule has 0 fully saturated rings. The fourth-order valence-electron chi connectivity index (χ4n) is 3.80. The first-order valence-electron chi connectivity index (χ1n) is 9.53. The molecule has 1 aliphatic heterocycles. The van der Waals surface area contributed by atoms with Crippen LogP contribution in [0.1, 0.15) is 29.7 Å². The zero-order valence-electron chi connectivity index (χ0n) is 15.6. The number of hydrogen-bond donors (Lipinski definition) is 1. The molecule has 138 valence electrons. The summed E-state index contributed by atoms with van der Waals surface area (Å²) in [5.41, 5.74) is 6.99. The summed E-state index contributed by atoms with van der Waals surface area (Å²) in [7, 11) is 0. The molecule has 4 heteroatoms. The molecule has 0 amide bonds. The predicted octanol–water partition coefficient (Wildman–Crippen LogP) is 6.42. The average molecular weight is 430 g/mol. The summed E-state index contributed by atoms with van der Waals surface area (Å²) >= 11 is 3.52. The summed E-state index contributed by atoms with van der Waals surface area (Å²) in [5.74, 6) is 0.881. The Morgan fingerprint density at radius 2 is 1.71 bits per heavy atom. The number of imidazole rings is 1. The summed E-state index contributed by atoms with van der Waals surface area (Å²) in [5, 5.41) is 3.54. The lowest BCUT2D eigenvalue weighted by molar-refractivity contribution is 0.720. The van der Waals surface area contributed by atoms with Crippen molar-refractivity contribution in [1.29, 1.82) is 0 Å². The topological polar surface area (TPSA) is 29.9 Å². The summed E-state index contributed by atoms with van der Waals surface area (Å²) in [6.45, 7) is 2.19. The van der Waals surface area contributed by atoms with Crippen molar-refractivity contribution in [3.63, 3.8) is 0 Å². The fraction of sp³-hybridized carbons (Fsp3) is 0.125. The molecule has 0 radical (unpaired) electrons. The summed E-state index contributed by atoms with van der Waals surface area (Å²) in [6.07, 6.45) is 3.34. The molecular weight excluding hydrogens is 410 g/mol. The number of aryl methyl sites for hydroxylation is 1. The number of rotatable bonds is 3. The van der Waals surface area contributed by atoms with Crippen molar-refractivity contribution in [1.82, 2.24) is 9.55 Å². The smallest absolute Gasteiger partial charge is 0.209 e. The number of fused-ring (bicyclic) bond motifs is 3.